The number of carbonyl (C=O) groups excluding carboxylic acids is 1. The number of thioether (sulfide) groups is 1. The van der Waals surface area contributed by atoms with Crippen LogP contribution in [0.15, 0.2) is 46.7 Å². The van der Waals surface area contributed by atoms with E-state index in [-0.39, 0.29) is 13.0 Å². The topological polar surface area (TPSA) is 94.9 Å². The zero-order valence-electron chi connectivity index (χ0n) is 13.6. The van der Waals surface area contributed by atoms with Gasteiger partial charge in [0.1, 0.15) is 0 Å². The second-order valence-corrected chi connectivity index (χ2v) is 6.06. The highest BCUT2D eigenvalue weighted by Crippen LogP contribution is 2.26. The van der Waals surface area contributed by atoms with E-state index >= 15 is 0 Å². The zero-order valence-corrected chi connectivity index (χ0v) is 14.5. The Bertz CT molecular complexity index is 617. The molecule has 1 amide bonds. The second kappa shape index (κ2) is 9.12. The van der Waals surface area contributed by atoms with Crippen LogP contribution in [-0.4, -0.2) is 45.0 Å². The number of carbonyl (C=O) groups is 3. The number of hydrogen-bond acceptors (Lipinski definition) is 4. The summed E-state index contributed by atoms with van der Waals surface area (Å²) >= 11 is 1.33. The number of hydrogen-bond donors (Lipinski definition) is 2. The van der Waals surface area contributed by atoms with E-state index in [9.17, 15) is 19.5 Å². The molecule has 24 heavy (non-hydrogen) atoms. The van der Waals surface area contributed by atoms with Crippen LogP contribution in [-0.2, 0) is 14.4 Å². The van der Waals surface area contributed by atoms with Gasteiger partial charge in [-0.25, -0.2) is 4.79 Å². The summed E-state index contributed by atoms with van der Waals surface area (Å²) in [5, 5.41) is 20.2. The predicted molar refractivity (Wildman–Crippen MR) is 91.7 cm³/mol. The molecular weight excluding hydrogens is 330 g/mol. The Balaban J connectivity index is 2.97. The molecule has 1 atom stereocenters. The lowest BCUT2D eigenvalue weighted by Gasteiger charge is -2.38. The summed E-state index contributed by atoms with van der Waals surface area (Å²) in [6.45, 7) is 3.30. The fraction of sp³-hybridized carbons (Fsp3) is 0.353. The molecule has 0 aromatic heterocycles. The molecule has 1 aromatic rings. The molecule has 0 radical (unpaired) electrons. The molecule has 0 spiro atoms. The van der Waals surface area contributed by atoms with Crippen molar-refractivity contribution in [1.82, 2.24) is 4.90 Å². The normalized spacial score (nSPS) is 13.4. The maximum absolute atomic E-state index is 12.4. The fourth-order valence-electron chi connectivity index (χ4n) is 2.43. The maximum atomic E-state index is 12.4. The Kier molecular flexibility index (Phi) is 7.51. The number of nitrogens with zero attached hydrogens (tertiary/aromatic N) is 1. The van der Waals surface area contributed by atoms with Gasteiger partial charge in [-0.05, 0) is 30.9 Å². The van der Waals surface area contributed by atoms with Crippen molar-refractivity contribution in [3.63, 3.8) is 0 Å². The number of likely N-dealkylation sites (N-methyl/N-ethyl adjacent to an activating group) is 1. The summed E-state index contributed by atoms with van der Waals surface area (Å²) in [6, 6.07) is 9.39. The minimum absolute atomic E-state index is 0.00782. The summed E-state index contributed by atoms with van der Waals surface area (Å²) in [7, 11) is 0. The van der Waals surface area contributed by atoms with Crippen molar-refractivity contribution in [3.8, 4) is 0 Å². The van der Waals surface area contributed by atoms with Gasteiger partial charge in [-0.3, -0.25) is 9.59 Å². The molecule has 2 N–H and O–H groups in total. The molecule has 0 aliphatic rings. The van der Waals surface area contributed by atoms with Crippen molar-refractivity contribution in [3.05, 3.63) is 41.8 Å². The molecule has 0 aliphatic carbocycles. The van der Waals surface area contributed by atoms with E-state index in [1.165, 1.54) is 17.8 Å². The average Bonchev–Trinajstić information content (AvgIpc) is 2.54. The summed E-state index contributed by atoms with van der Waals surface area (Å²) < 4.78 is 0. The molecule has 0 saturated carbocycles. The lowest BCUT2D eigenvalue weighted by atomic mass is 9.89. The maximum Gasteiger partial charge on any atom is 0.330 e. The first-order chi connectivity index (χ1) is 11.4. The summed E-state index contributed by atoms with van der Waals surface area (Å²) in [6.07, 6.45) is 0.641. The Morgan fingerprint density at radius 3 is 2.25 bits per heavy atom. The Morgan fingerprint density at radius 1 is 1.17 bits per heavy atom. The van der Waals surface area contributed by atoms with Gasteiger partial charge in [0.25, 0.3) is 0 Å². The van der Waals surface area contributed by atoms with E-state index in [2.05, 4.69) is 0 Å². The summed E-state index contributed by atoms with van der Waals surface area (Å²) in [4.78, 5) is 37.3. The van der Waals surface area contributed by atoms with Crippen molar-refractivity contribution in [1.29, 1.82) is 0 Å². The van der Waals surface area contributed by atoms with Gasteiger partial charge in [0.05, 0.1) is 6.42 Å². The number of rotatable bonds is 9. The van der Waals surface area contributed by atoms with Gasteiger partial charge in [0, 0.05) is 17.5 Å². The molecule has 0 fully saturated rings. The van der Waals surface area contributed by atoms with Crippen LogP contribution in [0.3, 0.4) is 0 Å². The SMILES string of the molecule is CCN(C(=O)/C=C/Sc1ccccc1)[C@](CC)(CC(=O)O)C(=O)O. The lowest BCUT2D eigenvalue weighted by Crippen LogP contribution is -2.57. The first-order valence-corrected chi connectivity index (χ1v) is 8.40. The quantitative estimate of drug-likeness (QED) is 0.525. The molecule has 0 aliphatic heterocycles. The molecule has 6 nitrogen and oxygen atoms in total. The third kappa shape index (κ3) is 4.86. The van der Waals surface area contributed by atoms with Gasteiger partial charge in [-0.1, -0.05) is 36.9 Å². The highest BCUT2D eigenvalue weighted by atomic mass is 32.2. The van der Waals surface area contributed by atoms with Crippen molar-refractivity contribution >= 4 is 29.6 Å². The third-order valence-corrected chi connectivity index (χ3v) is 4.50. The van der Waals surface area contributed by atoms with Gasteiger partial charge in [-0.15, -0.1) is 0 Å². The number of benzene rings is 1. The molecule has 1 aromatic carbocycles. The van der Waals surface area contributed by atoms with E-state index in [1.807, 2.05) is 30.3 Å². The van der Waals surface area contributed by atoms with Crippen molar-refractivity contribution in [2.24, 2.45) is 0 Å². The monoisotopic (exact) mass is 351 g/mol. The molecule has 0 saturated heterocycles. The number of amides is 1. The predicted octanol–water partition coefficient (Wildman–Crippen LogP) is 2.85. The van der Waals surface area contributed by atoms with Crippen molar-refractivity contribution < 1.29 is 24.6 Å². The molecule has 7 heteroatoms. The highest BCUT2D eigenvalue weighted by molar-refractivity contribution is 8.02. The lowest BCUT2D eigenvalue weighted by molar-refractivity contribution is -0.163. The largest absolute Gasteiger partial charge is 0.481 e. The van der Waals surface area contributed by atoms with Crippen molar-refractivity contribution in [2.45, 2.75) is 37.1 Å². The Morgan fingerprint density at radius 2 is 1.79 bits per heavy atom. The summed E-state index contributed by atoms with van der Waals surface area (Å²) in [5.41, 5.74) is -1.75. The molecule has 130 valence electrons. The molecule has 1 rings (SSSR count). The van der Waals surface area contributed by atoms with E-state index < -0.39 is 29.8 Å². The van der Waals surface area contributed by atoms with Crippen LogP contribution < -0.4 is 0 Å². The van der Waals surface area contributed by atoms with Crippen LogP contribution in [0.5, 0.6) is 0 Å². The van der Waals surface area contributed by atoms with Gasteiger partial charge in [-0.2, -0.15) is 0 Å². The van der Waals surface area contributed by atoms with Crippen LogP contribution in [0, 0.1) is 0 Å². The standard InChI is InChI=1S/C17H21NO5S/c1-3-17(16(22)23,12-15(20)21)18(4-2)14(19)10-11-24-13-8-6-5-7-9-13/h5-11H,3-4,12H2,1-2H3,(H,20,21)(H,22,23)/b11-10+/t17-/m1/s1. The first-order valence-electron chi connectivity index (χ1n) is 7.52. The smallest absolute Gasteiger partial charge is 0.330 e. The highest BCUT2D eigenvalue weighted by Gasteiger charge is 2.45. The van der Waals surface area contributed by atoms with Crippen LogP contribution in [0.2, 0.25) is 0 Å². The van der Waals surface area contributed by atoms with Gasteiger partial charge >= 0.3 is 11.9 Å². The minimum Gasteiger partial charge on any atom is -0.481 e. The minimum atomic E-state index is -1.75. The number of carboxylic acids is 2. The molecule has 0 heterocycles. The van der Waals surface area contributed by atoms with Crippen LogP contribution in [0.1, 0.15) is 26.7 Å². The van der Waals surface area contributed by atoms with Crippen LogP contribution in [0.25, 0.3) is 0 Å². The fourth-order valence-corrected chi connectivity index (χ4v) is 3.09. The van der Waals surface area contributed by atoms with Crippen LogP contribution in [0.4, 0.5) is 0 Å². The first kappa shape index (κ1) is 19.8. The zero-order chi connectivity index (χ0) is 18.2. The average molecular weight is 351 g/mol. The van der Waals surface area contributed by atoms with Crippen molar-refractivity contribution in [2.75, 3.05) is 6.54 Å². The molecule has 0 bridgehead atoms. The van der Waals surface area contributed by atoms with Gasteiger partial charge in [0.15, 0.2) is 5.54 Å². The second-order valence-electron chi connectivity index (χ2n) is 5.08. The van der Waals surface area contributed by atoms with Gasteiger partial charge < -0.3 is 15.1 Å². The van der Waals surface area contributed by atoms with E-state index in [1.54, 1.807) is 19.3 Å². The number of aliphatic carboxylic acids is 2. The summed E-state index contributed by atoms with van der Waals surface area (Å²) in [5.74, 6) is -3.09. The molecule has 0 unspecified atom stereocenters. The number of carboxylic acid groups (broad SMARTS) is 2. The third-order valence-electron chi connectivity index (χ3n) is 3.68. The van der Waals surface area contributed by atoms with Gasteiger partial charge in [0.2, 0.25) is 5.91 Å². The molecular formula is C17H21NO5S. The van der Waals surface area contributed by atoms with E-state index in [0.29, 0.717) is 0 Å². The van der Waals surface area contributed by atoms with Crippen LogP contribution >= 0.6 is 11.8 Å². The Hall–Kier alpha value is -2.28. The van der Waals surface area contributed by atoms with E-state index in [0.717, 1.165) is 9.80 Å². The Labute approximate surface area is 145 Å². The van der Waals surface area contributed by atoms with E-state index in [4.69, 9.17) is 5.11 Å².